The molecule has 1 fully saturated rings. The monoisotopic (exact) mass is 432 g/mol. The number of benzene rings is 2. The number of nitrogens with zero attached hydrogens (tertiary/aromatic N) is 8. The van der Waals surface area contributed by atoms with Gasteiger partial charge in [-0.15, -0.1) is 5.10 Å². The Morgan fingerprint density at radius 2 is 1.88 bits per heavy atom. The maximum Gasteiger partial charge on any atom is 0.227 e. The van der Waals surface area contributed by atoms with Crippen LogP contribution in [0.3, 0.4) is 0 Å². The minimum atomic E-state index is 0.173. The highest BCUT2D eigenvalue weighted by atomic mass is 16.6. The van der Waals surface area contributed by atoms with Crippen molar-refractivity contribution < 1.29 is 9.42 Å². The molecule has 1 amide bonds. The van der Waals surface area contributed by atoms with Gasteiger partial charge in [0.15, 0.2) is 0 Å². The molecule has 5 rings (SSSR count). The average molecular weight is 432 g/mol. The molecule has 32 heavy (non-hydrogen) atoms. The van der Waals surface area contributed by atoms with Crippen molar-refractivity contribution in [1.29, 1.82) is 0 Å². The van der Waals surface area contributed by atoms with Gasteiger partial charge in [-0.2, -0.15) is 0 Å². The van der Waals surface area contributed by atoms with Gasteiger partial charge < -0.3 is 4.90 Å². The third-order valence-electron chi connectivity index (χ3n) is 6.04. The molecule has 0 aliphatic carbocycles. The number of aryl methyl sites for hydroxylation is 1. The zero-order chi connectivity index (χ0) is 21.9. The number of hydrogen-bond acceptors (Lipinski definition) is 8. The molecule has 0 spiro atoms. The molecule has 164 valence electrons. The van der Waals surface area contributed by atoms with Crippen molar-refractivity contribution in [3.05, 3.63) is 59.4 Å². The summed E-state index contributed by atoms with van der Waals surface area (Å²) in [5, 5.41) is 19.0. The average Bonchev–Trinajstić information content (AvgIpc) is 3.51. The van der Waals surface area contributed by atoms with Gasteiger partial charge in [0, 0.05) is 32.7 Å². The van der Waals surface area contributed by atoms with E-state index in [9.17, 15) is 4.79 Å². The number of aromatic nitrogens is 6. The van der Waals surface area contributed by atoms with E-state index in [0.717, 1.165) is 67.0 Å². The SMILES string of the molecule is Cc1cc(-n2cnnn2)ccc1CC(=O)N1CCN(CCc2ccc3nonc3c2)CC1. The predicted octanol–water partition coefficient (Wildman–Crippen LogP) is 1.44. The van der Waals surface area contributed by atoms with Gasteiger partial charge >= 0.3 is 0 Å². The van der Waals surface area contributed by atoms with E-state index in [1.807, 2.05) is 42.2 Å². The lowest BCUT2D eigenvalue weighted by molar-refractivity contribution is -0.132. The Hall–Kier alpha value is -3.66. The quantitative estimate of drug-likeness (QED) is 0.451. The van der Waals surface area contributed by atoms with Crippen LogP contribution in [0.1, 0.15) is 16.7 Å². The molecule has 0 N–H and O–H groups in total. The van der Waals surface area contributed by atoms with Gasteiger partial charge in [0.05, 0.1) is 12.1 Å². The molecule has 0 radical (unpaired) electrons. The molecule has 0 bridgehead atoms. The highest BCUT2D eigenvalue weighted by Crippen LogP contribution is 2.16. The fourth-order valence-corrected chi connectivity index (χ4v) is 4.07. The first kappa shape index (κ1) is 20.3. The second kappa shape index (κ2) is 8.83. The first-order valence-corrected chi connectivity index (χ1v) is 10.7. The lowest BCUT2D eigenvalue weighted by atomic mass is 10.0. The number of carbonyl (C=O) groups is 1. The van der Waals surface area contributed by atoms with Crippen LogP contribution in [-0.2, 0) is 17.6 Å². The van der Waals surface area contributed by atoms with Gasteiger partial charge in [-0.25, -0.2) is 9.31 Å². The molecule has 3 heterocycles. The summed E-state index contributed by atoms with van der Waals surface area (Å²) in [6.07, 6.45) is 2.90. The van der Waals surface area contributed by atoms with Crippen molar-refractivity contribution in [3.63, 3.8) is 0 Å². The Kier molecular flexibility index (Phi) is 5.59. The smallest absolute Gasteiger partial charge is 0.227 e. The Bertz CT molecular complexity index is 1210. The Balaban J connectivity index is 1.12. The molecule has 2 aromatic carbocycles. The number of rotatable bonds is 6. The van der Waals surface area contributed by atoms with Gasteiger partial charge in [0.1, 0.15) is 17.4 Å². The number of carbonyl (C=O) groups excluding carboxylic acids is 1. The molecule has 10 nitrogen and oxygen atoms in total. The molecule has 1 aliphatic rings. The van der Waals surface area contributed by atoms with Crippen molar-refractivity contribution in [2.24, 2.45) is 0 Å². The topological polar surface area (TPSA) is 106 Å². The molecule has 1 aliphatic heterocycles. The first-order valence-electron chi connectivity index (χ1n) is 10.7. The summed E-state index contributed by atoms with van der Waals surface area (Å²) in [5.74, 6) is 0.173. The number of piperazine rings is 1. The van der Waals surface area contributed by atoms with Crippen LogP contribution in [0.25, 0.3) is 16.7 Å². The maximum atomic E-state index is 12.9. The van der Waals surface area contributed by atoms with Crippen LogP contribution in [0, 0.1) is 6.92 Å². The lowest BCUT2D eigenvalue weighted by Gasteiger charge is -2.35. The molecule has 0 atom stereocenters. The van der Waals surface area contributed by atoms with Crippen LogP contribution in [0.4, 0.5) is 0 Å². The highest BCUT2D eigenvalue weighted by Gasteiger charge is 2.21. The normalized spacial score (nSPS) is 14.8. The predicted molar refractivity (Wildman–Crippen MR) is 116 cm³/mol. The number of hydrogen-bond donors (Lipinski definition) is 0. The van der Waals surface area contributed by atoms with E-state index in [1.165, 1.54) is 5.56 Å². The maximum absolute atomic E-state index is 12.9. The molecule has 10 heteroatoms. The molecule has 1 saturated heterocycles. The van der Waals surface area contributed by atoms with Gasteiger partial charge in [-0.1, -0.05) is 12.1 Å². The van der Waals surface area contributed by atoms with E-state index in [2.05, 4.69) is 36.8 Å². The first-order chi connectivity index (χ1) is 15.7. The number of amides is 1. The zero-order valence-corrected chi connectivity index (χ0v) is 17.9. The second-order valence-electron chi connectivity index (χ2n) is 8.10. The van der Waals surface area contributed by atoms with E-state index >= 15 is 0 Å². The van der Waals surface area contributed by atoms with Crippen LogP contribution in [0.2, 0.25) is 0 Å². The molecular weight excluding hydrogens is 408 g/mol. The summed E-state index contributed by atoms with van der Waals surface area (Å²) in [6.45, 7) is 6.25. The van der Waals surface area contributed by atoms with Gasteiger partial charge in [-0.3, -0.25) is 9.69 Å². The fourth-order valence-electron chi connectivity index (χ4n) is 4.07. The van der Waals surface area contributed by atoms with Crippen molar-refractivity contribution in [3.8, 4) is 5.69 Å². The summed E-state index contributed by atoms with van der Waals surface area (Å²) in [6, 6.07) is 12.0. The third-order valence-corrected chi connectivity index (χ3v) is 6.04. The van der Waals surface area contributed by atoms with Crippen molar-refractivity contribution >= 4 is 16.9 Å². The van der Waals surface area contributed by atoms with Crippen molar-refractivity contribution in [1.82, 2.24) is 40.3 Å². The van der Waals surface area contributed by atoms with Crippen LogP contribution >= 0.6 is 0 Å². The van der Waals surface area contributed by atoms with Crippen molar-refractivity contribution in [2.75, 3.05) is 32.7 Å². The molecule has 0 saturated carbocycles. The van der Waals surface area contributed by atoms with Crippen LogP contribution < -0.4 is 0 Å². The molecule has 4 aromatic rings. The summed E-state index contributed by atoms with van der Waals surface area (Å²) >= 11 is 0. The molecular formula is C22H24N8O2. The van der Waals surface area contributed by atoms with E-state index in [0.29, 0.717) is 6.42 Å². The lowest BCUT2D eigenvalue weighted by Crippen LogP contribution is -2.49. The fraction of sp³-hybridized carbons (Fsp3) is 0.364. The van der Waals surface area contributed by atoms with Crippen LogP contribution in [0.5, 0.6) is 0 Å². The van der Waals surface area contributed by atoms with Gasteiger partial charge in [0.25, 0.3) is 0 Å². The highest BCUT2D eigenvalue weighted by molar-refractivity contribution is 5.79. The zero-order valence-electron chi connectivity index (χ0n) is 17.9. The van der Waals surface area contributed by atoms with Crippen LogP contribution in [0.15, 0.2) is 47.4 Å². The Labute approximate surface area is 184 Å². The van der Waals surface area contributed by atoms with E-state index in [-0.39, 0.29) is 5.91 Å². The van der Waals surface area contributed by atoms with Gasteiger partial charge in [0.2, 0.25) is 5.91 Å². The van der Waals surface area contributed by atoms with E-state index < -0.39 is 0 Å². The number of tetrazole rings is 1. The Morgan fingerprint density at radius 1 is 1.03 bits per heavy atom. The van der Waals surface area contributed by atoms with Gasteiger partial charge in [-0.05, 0) is 75.0 Å². The van der Waals surface area contributed by atoms with Crippen molar-refractivity contribution in [2.45, 2.75) is 19.8 Å². The minimum Gasteiger partial charge on any atom is -0.340 e. The Morgan fingerprint density at radius 3 is 2.66 bits per heavy atom. The summed E-state index contributed by atoms with van der Waals surface area (Å²) in [5.41, 5.74) is 5.76. The summed E-state index contributed by atoms with van der Waals surface area (Å²) in [4.78, 5) is 17.2. The largest absolute Gasteiger partial charge is 0.340 e. The summed E-state index contributed by atoms with van der Waals surface area (Å²) < 4.78 is 6.37. The standard InChI is InChI=1S/C22H24N8O2/c1-16-12-19(30-15-23-26-27-30)4-3-18(16)14-22(31)29-10-8-28(9-11-29)7-6-17-2-5-20-21(13-17)25-32-24-20/h2-5,12-13,15H,6-11,14H2,1H3. The molecule has 0 unspecified atom stereocenters. The number of fused-ring (bicyclic) bond motifs is 1. The second-order valence-corrected chi connectivity index (χ2v) is 8.10. The molecule has 2 aromatic heterocycles. The van der Waals surface area contributed by atoms with E-state index in [1.54, 1.807) is 11.0 Å². The van der Waals surface area contributed by atoms with Crippen LogP contribution in [-0.4, -0.2) is 79.0 Å². The van der Waals surface area contributed by atoms with E-state index in [4.69, 9.17) is 4.63 Å². The minimum absolute atomic E-state index is 0.173. The third kappa shape index (κ3) is 4.35. The summed E-state index contributed by atoms with van der Waals surface area (Å²) in [7, 11) is 0.